The van der Waals surface area contributed by atoms with Gasteiger partial charge in [0.2, 0.25) is 0 Å². The van der Waals surface area contributed by atoms with Gasteiger partial charge in [-0.25, -0.2) is 0 Å². The molecule has 0 amide bonds. The van der Waals surface area contributed by atoms with Crippen LogP contribution in [0.3, 0.4) is 0 Å². The van der Waals surface area contributed by atoms with Gasteiger partial charge in [-0.2, -0.15) is 0 Å². The fourth-order valence-corrected chi connectivity index (χ4v) is 12.9. The molecular formula is C70H48N2O2. The summed E-state index contributed by atoms with van der Waals surface area (Å²) in [5, 5.41) is 4.30. The van der Waals surface area contributed by atoms with Crippen molar-refractivity contribution >= 4 is 78.0 Å². The van der Waals surface area contributed by atoms with Crippen LogP contribution in [0, 0.1) is 0 Å². The molecule has 350 valence electrons. The summed E-state index contributed by atoms with van der Waals surface area (Å²) >= 11 is 0. The topological polar surface area (TPSA) is 32.8 Å². The van der Waals surface area contributed by atoms with Gasteiger partial charge in [0.1, 0.15) is 22.3 Å². The zero-order valence-electron chi connectivity index (χ0n) is 41.0. The van der Waals surface area contributed by atoms with Crippen LogP contribution in [0.1, 0.15) is 47.2 Å². The van der Waals surface area contributed by atoms with E-state index >= 15 is 0 Å². The minimum Gasteiger partial charge on any atom is -0.456 e. The fourth-order valence-electron chi connectivity index (χ4n) is 12.9. The molecule has 2 aliphatic rings. The number of furan rings is 2. The summed E-state index contributed by atoms with van der Waals surface area (Å²) in [6.45, 7) is 4.69. The molecule has 0 unspecified atom stereocenters. The van der Waals surface area contributed by atoms with Crippen LogP contribution in [0.15, 0.2) is 264 Å². The predicted octanol–water partition coefficient (Wildman–Crippen LogP) is 19.1. The molecule has 2 heterocycles. The Kier molecular flexibility index (Phi) is 9.19. The molecule has 0 aliphatic heterocycles. The lowest BCUT2D eigenvalue weighted by atomic mass is 9.68. The Hall–Kier alpha value is -9.38. The normalized spacial score (nSPS) is 13.8. The number of anilines is 6. The van der Waals surface area contributed by atoms with E-state index in [2.05, 4.69) is 266 Å². The molecule has 2 aromatic heterocycles. The van der Waals surface area contributed by atoms with E-state index in [1.165, 1.54) is 55.6 Å². The first kappa shape index (κ1) is 42.3. The number of nitrogens with zero attached hydrogens (tertiary/aromatic N) is 2. The Morgan fingerprint density at radius 1 is 0.297 bits per heavy atom. The second-order valence-corrected chi connectivity index (χ2v) is 20.4. The molecule has 0 atom stereocenters. The molecule has 2 aliphatic carbocycles. The highest BCUT2D eigenvalue weighted by Gasteiger charge is 2.46. The first-order chi connectivity index (χ1) is 36.4. The van der Waals surface area contributed by atoms with Crippen molar-refractivity contribution in [3.05, 3.63) is 288 Å². The lowest BCUT2D eigenvalue weighted by Gasteiger charge is -2.34. The van der Waals surface area contributed by atoms with Gasteiger partial charge in [0.15, 0.2) is 0 Å². The maximum absolute atomic E-state index is 6.63. The van der Waals surface area contributed by atoms with Crippen molar-refractivity contribution in [1.29, 1.82) is 0 Å². The second-order valence-electron chi connectivity index (χ2n) is 20.4. The van der Waals surface area contributed by atoms with Crippen molar-refractivity contribution in [3.8, 4) is 22.3 Å². The van der Waals surface area contributed by atoms with Crippen LogP contribution >= 0.6 is 0 Å². The van der Waals surface area contributed by atoms with Gasteiger partial charge >= 0.3 is 0 Å². The van der Waals surface area contributed by atoms with Gasteiger partial charge in [0, 0.05) is 50.0 Å². The number of para-hydroxylation sites is 2. The van der Waals surface area contributed by atoms with E-state index in [4.69, 9.17) is 8.83 Å². The third kappa shape index (κ3) is 6.09. The molecule has 0 fully saturated rings. The van der Waals surface area contributed by atoms with Crippen molar-refractivity contribution in [3.63, 3.8) is 0 Å². The van der Waals surface area contributed by atoms with Crippen molar-refractivity contribution in [1.82, 2.24) is 0 Å². The summed E-state index contributed by atoms with van der Waals surface area (Å²) in [7, 11) is 0. The van der Waals surface area contributed by atoms with E-state index in [0.29, 0.717) is 0 Å². The summed E-state index contributed by atoms with van der Waals surface area (Å²) in [4.78, 5) is 4.85. The molecule has 0 spiro atoms. The Labute approximate surface area is 429 Å². The second kappa shape index (κ2) is 16.1. The van der Waals surface area contributed by atoms with E-state index < -0.39 is 5.41 Å². The summed E-state index contributed by atoms with van der Waals surface area (Å²) in [5.74, 6) is 0. The van der Waals surface area contributed by atoms with Crippen LogP contribution in [0.5, 0.6) is 0 Å². The van der Waals surface area contributed by atoms with Gasteiger partial charge in [-0.1, -0.05) is 184 Å². The highest BCUT2D eigenvalue weighted by molar-refractivity contribution is 6.14. The van der Waals surface area contributed by atoms with E-state index in [1.807, 2.05) is 12.1 Å². The average Bonchev–Trinajstić information content (AvgIpc) is 4.18. The van der Waals surface area contributed by atoms with Crippen molar-refractivity contribution in [2.45, 2.75) is 24.7 Å². The lowest BCUT2D eigenvalue weighted by molar-refractivity contribution is 0.660. The molecule has 0 radical (unpaired) electrons. The third-order valence-corrected chi connectivity index (χ3v) is 16.1. The van der Waals surface area contributed by atoms with Gasteiger partial charge in [-0.15, -0.1) is 0 Å². The molecule has 4 nitrogen and oxygen atoms in total. The SMILES string of the molecule is CC1(C)c2ccccc2-c2cc(N(c3cccc(N(c4ccc5c(c4)-c4ccccc4C5(c4ccccc4)c4ccccc4)c4cccc5oc6ccccc6c45)c3)c3ccc4oc5ccccc5c4c3)ccc21. The van der Waals surface area contributed by atoms with Crippen molar-refractivity contribution in [2.75, 3.05) is 9.80 Å². The average molecular weight is 949 g/mol. The van der Waals surface area contributed by atoms with E-state index in [1.54, 1.807) is 0 Å². The van der Waals surface area contributed by atoms with E-state index in [9.17, 15) is 0 Å². The standard InChI is InChI=1S/C70H48N2O2/c1-69(2)59-29-13-9-25-52(59)56-42-49(35-38-60(56)69)71(50-37-40-66-58(44-50)54-27-11-15-32-64(54)73-66)47-23-17-24-48(41-47)72(63-31-18-34-67-68(63)55-28-12-16-33-65(55)74-67)51-36-39-62-57(43-51)53-26-10-14-30-61(53)70(62,45-19-5-3-6-20-45)46-21-7-4-8-22-46/h3-44H,1-2H3. The number of hydrogen-bond acceptors (Lipinski definition) is 4. The monoisotopic (exact) mass is 948 g/mol. The van der Waals surface area contributed by atoms with Crippen LogP contribution in [0.25, 0.3) is 66.1 Å². The molecule has 0 bridgehead atoms. The first-order valence-electron chi connectivity index (χ1n) is 25.6. The third-order valence-electron chi connectivity index (χ3n) is 16.1. The minimum atomic E-state index is -0.522. The zero-order chi connectivity index (χ0) is 49.1. The lowest BCUT2D eigenvalue weighted by Crippen LogP contribution is -2.28. The van der Waals surface area contributed by atoms with Crippen LogP contribution in [-0.4, -0.2) is 0 Å². The van der Waals surface area contributed by atoms with Gasteiger partial charge in [-0.05, 0) is 141 Å². The Morgan fingerprint density at radius 2 is 0.757 bits per heavy atom. The quantitative estimate of drug-likeness (QED) is 0.152. The molecular weight excluding hydrogens is 901 g/mol. The fraction of sp³-hybridized carbons (Fsp3) is 0.0571. The number of hydrogen-bond donors (Lipinski definition) is 0. The maximum atomic E-state index is 6.63. The molecule has 11 aromatic carbocycles. The van der Waals surface area contributed by atoms with Gasteiger partial charge in [0.25, 0.3) is 0 Å². The summed E-state index contributed by atoms with van der Waals surface area (Å²) in [6, 6.07) is 92.9. The zero-order valence-corrected chi connectivity index (χ0v) is 41.0. The smallest absolute Gasteiger partial charge is 0.137 e. The molecule has 4 heteroatoms. The van der Waals surface area contributed by atoms with Gasteiger partial charge < -0.3 is 18.6 Å². The van der Waals surface area contributed by atoms with Gasteiger partial charge in [0.05, 0.1) is 16.5 Å². The molecule has 13 aromatic rings. The Bertz CT molecular complexity index is 4330. The van der Waals surface area contributed by atoms with E-state index in [0.717, 1.165) is 78.0 Å². The maximum Gasteiger partial charge on any atom is 0.137 e. The highest BCUT2D eigenvalue weighted by atomic mass is 16.3. The summed E-state index contributed by atoms with van der Waals surface area (Å²) in [6.07, 6.45) is 0. The highest BCUT2D eigenvalue weighted by Crippen LogP contribution is 2.58. The molecule has 74 heavy (non-hydrogen) atoms. The molecule has 0 saturated carbocycles. The first-order valence-corrected chi connectivity index (χ1v) is 25.6. The number of rotatable bonds is 8. The van der Waals surface area contributed by atoms with E-state index in [-0.39, 0.29) is 5.41 Å². The van der Waals surface area contributed by atoms with Crippen molar-refractivity contribution < 1.29 is 8.83 Å². The van der Waals surface area contributed by atoms with Gasteiger partial charge in [-0.3, -0.25) is 0 Å². The molecule has 0 N–H and O–H groups in total. The summed E-state index contributed by atoms with van der Waals surface area (Å²) < 4.78 is 13.0. The molecule has 0 saturated heterocycles. The van der Waals surface area contributed by atoms with Crippen molar-refractivity contribution in [2.24, 2.45) is 0 Å². The summed E-state index contributed by atoms with van der Waals surface area (Å²) in [5.41, 5.74) is 21.7. The number of benzene rings is 11. The minimum absolute atomic E-state index is 0.124. The molecule has 15 rings (SSSR count). The van der Waals surface area contributed by atoms with Crippen LogP contribution in [0.2, 0.25) is 0 Å². The Balaban J connectivity index is 0.975. The number of fused-ring (bicyclic) bond motifs is 12. The van der Waals surface area contributed by atoms with Crippen LogP contribution < -0.4 is 9.80 Å². The van der Waals surface area contributed by atoms with Crippen LogP contribution in [-0.2, 0) is 10.8 Å². The predicted molar refractivity (Wildman–Crippen MR) is 305 cm³/mol. The van der Waals surface area contributed by atoms with Crippen LogP contribution in [0.4, 0.5) is 34.1 Å². The largest absolute Gasteiger partial charge is 0.456 e. The Morgan fingerprint density at radius 3 is 1.50 bits per heavy atom.